The lowest BCUT2D eigenvalue weighted by atomic mass is 9.91. The smallest absolute Gasteiger partial charge is 0.189 e. The van der Waals surface area contributed by atoms with E-state index >= 15 is 0 Å². The van der Waals surface area contributed by atoms with Crippen molar-refractivity contribution in [2.75, 3.05) is 26.1 Å². The van der Waals surface area contributed by atoms with Crippen molar-refractivity contribution < 1.29 is 4.74 Å². The minimum atomic E-state index is -0.133. The first-order chi connectivity index (χ1) is 13.8. The monoisotopic (exact) mass is 407 g/mol. The quantitative estimate of drug-likeness (QED) is 0.515. The number of ether oxygens (including phenoxy) is 1. The van der Waals surface area contributed by atoms with Gasteiger partial charge in [0.15, 0.2) is 11.5 Å². The molecule has 3 aromatic heterocycles. The Morgan fingerprint density at radius 2 is 1.83 bits per heavy atom. The lowest BCUT2D eigenvalue weighted by Gasteiger charge is -2.14. The summed E-state index contributed by atoms with van der Waals surface area (Å²) in [6.45, 7) is 6.51. The Morgan fingerprint density at radius 1 is 1.07 bits per heavy atom. The number of fused-ring (bicyclic) bond motifs is 1. The highest BCUT2D eigenvalue weighted by Gasteiger charge is 2.25. The van der Waals surface area contributed by atoms with Gasteiger partial charge in [-0.1, -0.05) is 32.9 Å². The number of anilines is 1. The first-order valence-electron chi connectivity index (χ1n) is 9.47. The lowest BCUT2D eigenvalue weighted by Crippen LogP contribution is -2.22. The van der Waals surface area contributed by atoms with Crippen molar-refractivity contribution in [3.8, 4) is 17.1 Å². The van der Waals surface area contributed by atoms with Gasteiger partial charge in [0.05, 0.1) is 23.4 Å². The summed E-state index contributed by atoms with van der Waals surface area (Å²) in [5.74, 6) is 1.43. The van der Waals surface area contributed by atoms with Gasteiger partial charge in [0, 0.05) is 29.6 Å². The van der Waals surface area contributed by atoms with Crippen molar-refractivity contribution in [2.24, 2.45) is 0 Å². The van der Waals surface area contributed by atoms with Crippen LogP contribution in [0.25, 0.3) is 23.1 Å². The maximum Gasteiger partial charge on any atom is 0.189 e. The Hall–Kier alpha value is -2.93. The predicted octanol–water partition coefficient (Wildman–Crippen LogP) is 3.77. The summed E-state index contributed by atoms with van der Waals surface area (Å²) >= 11 is 1.74. The number of nitrogens with zero attached hydrogens (tertiary/aromatic N) is 5. The molecule has 0 fully saturated rings. The second-order valence-electron chi connectivity index (χ2n) is 8.19. The van der Waals surface area contributed by atoms with Gasteiger partial charge >= 0.3 is 0 Å². The predicted molar refractivity (Wildman–Crippen MR) is 119 cm³/mol. The zero-order valence-electron chi connectivity index (χ0n) is 17.6. The van der Waals surface area contributed by atoms with Crippen LogP contribution in [0.3, 0.4) is 0 Å². The summed E-state index contributed by atoms with van der Waals surface area (Å²) in [5.41, 5.74) is 2.50. The number of rotatable bonds is 4. The average molecular weight is 408 g/mol. The Morgan fingerprint density at radius 3 is 2.48 bits per heavy atom. The molecule has 0 bridgehead atoms. The fourth-order valence-corrected chi connectivity index (χ4v) is 4.16. The van der Waals surface area contributed by atoms with Crippen LogP contribution in [0.5, 0.6) is 5.75 Å². The largest absolute Gasteiger partial charge is 0.496 e. The number of thiophene rings is 1. The van der Waals surface area contributed by atoms with Gasteiger partial charge in [-0.15, -0.1) is 21.5 Å². The lowest BCUT2D eigenvalue weighted by molar-refractivity contribution is 0.416. The molecule has 0 saturated carbocycles. The molecule has 4 rings (SSSR count). The molecule has 0 spiro atoms. The van der Waals surface area contributed by atoms with E-state index in [2.05, 4.69) is 68.2 Å². The van der Waals surface area contributed by atoms with E-state index in [4.69, 9.17) is 9.84 Å². The Kier molecular flexibility index (Phi) is 4.78. The van der Waals surface area contributed by atoms with Crippen LogP contribution in [-0.4, -0.2) is 41.0 Å². The van der Waals surface area contributed by atoms with Gasteiger partial charge in [-0.05, 0) is 30.3 Å². The fraction of sp³-hybridized carbons (Fsp3) is 0.318. The van der Waals surface area contributed by atoms with Crippen molar-refractivity contribution in [1.82, 2.24) is 19.8 Å². The van der Waals surface area contributed by atoms with Crippen molar-refractivity contribution in [1.29, 1.82) is 0 Å². The summed E-state index contributed by atoms with van der Waals surface area (Å²) < 4.78 is 7.36. The molecule has 29 heavy (non-hydrogen) atoms. The molecule has 6 nitrogen and oxygen atoms in total. The van der Waals surface area contributed by atoms with Crippen LogP contribution in [-0.2, 0) is 5.41 Å². The summed E-state index contributed by atoms with van der Waals surface area (Å²) in [7, 11) is 5.77. The SMILES string of the molecule is COc1ccccc1-c1nnc2/c(=C\c3ccc(N(C)C)s3)c(C(C)(C)C)nn12. The Balaban J connectivity index is 1.97. The molecule has 0 radical (unpaired) electrons. The second kappa shape index (κ2) is 7.15. The maximum atomic E-state index is 5.52. The maximum absolute atomic E-state index is 5.52. The van der Waals surface area contributed by atoms with Crippen LogP contribution in [0.4, 0.5) is 5.00 Å². The number of methoxy groups -OCH3 is 1. The molecule has 7 heteroatoms. The highest BCUT2D eigenvalue weighted by atomic mass is 32.1. The van der Waals surface area contributed by atoms with Crippen LogP contribution in [0.15, 0.2) is 36.4 Å². The molecule has 0 saturated heterocycles. The minimum Gasteiger partial charge on any atom is -0.496 e. The van der Waals surface area contributed by atoms with Gasteiger partial charge in [-0.2, -0.15) is 9.61 Å². The second-order valence-corrected chi connectivity index (χ2v) is 9.28. The van der Waals surface area contributed by atoms with Crippen LogP contribution in [0.2, 0.25) is 0 Å². The third-order valence-electron chi connectivity index (χ3n) is 4.73. The zero-order chi connectivity index (χ0) is 20.8. The number of para-hydroxylation sites is 1. The first-order valence-corrected chi connectivity index (χ1v) is 10.3. The van der Waals surface area contributed by atoms with Gasteiger partial charge in [0.1, 0.15) is 5.75 Å². The van der Waals surface area contributed by atoms with E-state index in [0.29, 0.717) is 5.82 Å². The van der Waals surface area contributed by atoms with E-state index < -0.39 is 0 Å². The molecule has 0 amide bonds. The molecule has 150 valence electrons. The van der Waals surface area contributed by atoms with E-state index in [1.54, 1.807) is 18.4 Å². The molecule has 1 aromatic carbocycles. The van der Waals surface area contributed by atoms with E-state index in [0.717, 1.165) is 32.7 Å². The molecule has 0 unspecified atom stereocenters. The average Bonchev–Trinajstić information content (AvgIpc) is 3.37. The topological polar surface area (TPSA) is 55.6 Å². The Labute approximate surface area is 174 Å². The van der Waals surface area contributed by atoms with Crippen LogP contribution >= 0.6 is 11.3 Å². The molecule has 3 heterocycles. The van der Waals surface area contributed by atoms with Gasteiger partial charge in [-0.25, -0.2) is 0 Å². The fourth-order valence-electron chi connectivity index (χ4n) is 3.29. The summed E-state index contributed by atoms with van der Waals surface area (Å²) in [4.78, 5) is 3.28. The highest BCUT2D eigenvalue weighted by Crippen LogP contribution is 2.29. The van der Waals surface area contributed by atoms with Crippen LogP contribution < -0.4 is 14.9 Å². The molecule has 4 aromatic rings. The molecule has 0 aliphatic carbocycles. The van der Waals surface area contributed by atoms with E-state index in [-0.39, 0.29) is 5.41 Å². The molecule has 0 atom stereocenters. The number of aromatic nitrogens is 4. The van der Waals surface area contributed by atoms with E-state index in [1.807, 2.05) is 28.8 Å². The standard InChI is InChI=1S/C22H25N5OS/c1-22(2,3)19-16(13-14-11-12-18(29-14)26(4)5)21-24-23-20(27(21)25-19)15-9-7-8-10-17(15)28-6/h7-13H,1-6H3/b16-13-. The third-order valence-corrected chi connectivity index (χ3v) is 5.93. The van der Waals surface area contributed by atoms with Crippen molar-refractivity contribution in [2.45, 2.75) is 26.2 Å². The summed E-state index contributed by atoms with van der Waals surface area (Å²) in [6.07, 6.45) is 2.17. The zero-order valence-corrected chi connectivity index (χ0v) is 18.4. The number of hydrogen-bond donors (Lipinski definition) is 0. The van der Waals surface area contributed by atoms with Gasteiger partial charge < -0.3 is 9.64 Å². The highest BCUT2D eigenvalue weighted by molar-refractivity contribution is 7.16. The van der Waals surface area contributed by atoms with Crippen molar-refractivity contribution in [3.05, 3.63) is 52.2 Å². The number of hydrogen-bond acceptors (Lipinski definition) is 6. The third kappa shape index (κ3) is 3.46. The van der Waals surface area contributed by atoms with Crippen molar-refractivity contribution >= 4 is 28.1 Å². The minimum absolute atomic E-state index is 0.133. The number of benzene rings is 1. The van der Waals surface area contributed by atoms with E-state index in [1.165, 1.54) is 5.00 Å². The summed E-state index contributed by atoms with van der Waals surface area (Å²) in [5, 5.41) is 16.1. The first kappa shape index (κ1) is 19.4. The van der Waals surface area contributed by atoms with Gasteiger partial charge in [-0.3, -0.25) is 0 Å². The molecule has 0 aliphatic rings. The molecule has 0 aliphatic heterocycles. The Bertz CT molecular complexity index is 1220. The van der Waals surface area contributed by atoms with Crippen molar-refractivity contribution in [3.63, 3.8) is 0 Å². The van der Waals surface area contributed by atoms with Gasteiger partial charge in [0.25, 0.3) is 0 Å². The van der Waals surface area contributed by atoms with Gasteiger partial charge in [0.2, 0.25) is 0 Å². The summed E-state index contributed by atoms with van der Waals surface area (Å²) in [6, 6.07) is 12.1. The molecule has 0 N–H and O–H groups in total. The van der Waals surface area contributed by atoms with Crippen LogP contribution in [0.1, 0.15) is 31.3 Å². The van der Waals surface area contributed by atoms with Crippen LogP contribution in [0, 0.1) is 0 Å². The molecular weight excluding hydrogens is 382 g/mol. The normalized spacial score (nSPS) is 12.7. The molecular formula is C22H25N5OS. The van der Waals surface area contributed by atoms with E-state index in [9.17, 15) is 0 Å².